The molecule has 128 valence electrons. The van der Waals surface area contributed by atoms with E-state index >= 15 is 0 Å². The van der Waals surface area contributed by atoms with Crippen LogP contribution in [-0.2, 0) is 27.7 Å². The van der Waals surface area contributed by atoms with Crippen LogP contribution in [0.2, 0.25) is 0 Å². The van der Waals surface area contributed by atoms with E-state index in [4.69, 9.17) is 10.5 Å². The molecular weight excluding hydrogens is 328 g/mol. The summed E-state index contributed by atoms with van der Waals surface area (Å²) < 4.78 is 31.9. The molecule has 0 radical (unpaired) electrons. The molecule has 0 spiro atoms. The maximum atomic E-state index is 12.1. The van der Waals surface area contributed by atoms with Gasteiger partial charge in [0.25, 0.3) is 0 Å². The van der Waals surface area contributed by atoms with Gasteiger partial charge in [0.05, 0.1) is 19.3 Å². The molecule has 7 heteroatoms. The second-order valence-corrected chi connectivity index (χ2v) is 7.20. The predicted molar refractivity (Wildman–Crippen MR) is 93.4 cm³/mol. The Morgan fingerprint density at radius 3 is 2.17 bits per heavy atom. The number of amides is 1. The van der Waals surface area contributed by atoms with Crippen molar-refractivity contribution in [3.63, 3.8) is 0 Å². The molecule has 0 bridgehead atoms. The normalized spacial score (nSPS) is 11.0. The predicted octanol–water partition coefficient (Wildman–Crippen LogP) is 1.71. The van der Waals surface area contributed by atoms with Gasteiger partial charge in [0, 0.05) is 5.69 Å². The van der Waals surface area contributed by atoms with Crippen molar-refractivity contribution in [2.45, 2.75) is 12.8 Å². The van der Waals surface area contributed by atoms with Gasteiger partial charge in [-0.3, -0.25) is 9.52 Å². The first-order valence-corrected chi connectivity index (χ1v) is 9.04. The van der Waals surface area contributed by atoms with E-state index in [1.54, 1.807) is 43.5 Å². The summed E-state index contributed by atoms with van der Waals surface area (Å²) in [5.74, 6) is 0.279. The number of carbonyl (C=O) groups is 1. The van der Waals surface area contributed by atoms with E-state index in [2.05, 4.69) is 4.72 Å². The lowest BCUT2D eigenvalue weighted by atomic mass is 10.1. The largest absolute Gasteiger partial charge is 0.497 e. The van der Waals surface area contributed by atoms with Crippen molar-refractivity contribution in [1.82, 2.24) is 0 Å². The number of primary amides is 1. The third kappa shape index (κ3) is 5.58. The highest BCUT2D eigenvalue weighted by Gasteiger charge is 2.11. The van der Waals surface area contributed by atoms with E-state index < -0.39 is 15.9 Å². The number of methoxy groups -OCH3 is 1. The van der Waals surface area contributed by atoms with Gasteiger partial charge in [0.2, 0.25) is 15.9 Å². The molecule has 0 aliphatic carbocycles. The van der Waals surface area contributed by atoms with E-state index in [9.17, 15) is 13.2 Å². The minimum atomic E-state index is -3.46. The summed E-state index contributed by atoms with van der Waals surface area (Å²) in [6.45, 7) is 0. The Morgan fingerprint density at radius 2 is 1.62 bits per heavy atom. The molecule has 0 aliphatic heterocycles. The van der Waals surface area contributed by atoms with Crippen molar-refractivity contribution in [3.05, 3.63) is 59.7 Å². The Labute approximate surface area is 141 Å². The maximum Gasteiger partial charge on any atom is 0.233 e. The summed E-state index contributed by atoms with van der Waals surface area (Å²) in [5, 5.41) is 0. The number of aryl methyl sites for hydroxylation is 1. The lowest BCUT2D eigenvalue weighted by Gasteiger charge is -2.09. The van der Waals surface area contributed by atoms with E-state index in [1.807, 2.05) is 12.1 Å². The summed E-state index contributed by atoms with van der Waals surface area (Å²) in [6, 6.07) is 13.9. The van der Waals surface area contributed by atoms with E-state index in [1.165, 1.54) is 0 Å². The number of ether oxygens (including phenoxy) is 1. The van der Waals surface area contributed by atoms with Crippen LogP contribution in [0.25, 0.3) is 0 Å². The first kappa shape index (κ1) is 17.8. The molecule has 1 amide bonds. The van der Waals surface area contributed by atoms with Crippen molar-refractivity contribution < 1.29 is 17.9 Å². The van der Waals surface area contributed by atoms with Crippen LogP contribution in [0.1, 0.15) is 11.1 Å². The Kier molecular flexibility index (Phi) is 5.81. The third-order valence-electron chi connectivity index (χ3n) is 3.42. The van der Waals surface area contributed by atoms with Crippen LogP contribution in [0, 0.1) is 0 Å². The molecule has 0 aliphatic rings. The third-order valence-corrected chi connectivity index (χ3v) is 4.71. The minimum absolute atomic E-state index is 0.0254. The molecule has 2 aromatic rings. The van der Waals surface area contributed by atoms with Crippen molar-refractivity contribution in [3.8, 4) is 5.75 Å². The Hall–Kier alpha value is -2.54. The quantitative estimate of drug-likeness (QED) is 0.758. The first-order valence-electron chi connectivity index (χ1n) is 7.38. The Morgan fingerprint density at radius 1 is 1.04 bits per heavy atom. The number of anilines is 1. The summed E-state index contributed by atoms with van der Waals surface area (Å²) in [6.07, 6.45) is 0.531. The molecule has 2 aromatic carbocycles. The van der Waals surface area contributed by atoms with Crippen LogP contribution >= 0.6 is 0 Å². The van der Waals surface area contributed by atoms with Gasteiger partial charge in [-0.2, -0.15) is 0 Å². The number of hydrogen-bond acceptors (Lipinski definition) is 4. The van der Waals surface area contributed by atoms with Gasteiger partial charge in [-0.1, -0.05) is 24.3 Å². The lowest BCUT2D eigenvalue weighted by Crippen LogP contribution is -2.18. The van der Waals surface area contributed by atoms with Crippen LogP contribution in [0.5, 0.6) is 5.75 Å². The number of carbonyl (C=O) groups excluding carboxylic acids is 1. The van der Waals surface area contributed by atoms with Crippen molar-refractivity contribution in [2.24, 2.45) is 5.73 Å². The van der Waals surface area contributed by atoms with Gasteiger partial charge < -0.3 is 10.5 Å². The van der Waals surface area contributed by atoms with Gasteiger partial charge in [0.1, 0.15) is 5.75 Å². The Balaban J connectivity index is 1.93. The summed E-state index contributed by atoms with van der Waals surface area (Å²) in [4.78, 5) is 10.8. The van der Waals surface area contributed by atoms with Crippen LogP contribution in [0.15, 0.2) is 48.5 Å². The van der Waals surface area contributed by atoms with Gasteiger partial charge in [-0.15, -0.1) is 0 Å². The van der Waals surface area contributed by atoms with E-state index in [0.29, 0.717) is 12.1 Å². The fraction of sp³-hybridized carbons (Fsp3) is 0.235. The van der Waals surface area contributed by atoms with Gasteiger partial charge in [0.15, 0.2) is 0 Å². The Bertz CT molecular complexity index is 784. The minimum Gasteiger partial charge on any atom is -0.497 e. The van der Waals surface area contributed by atoms with E-state index in [0.717, 1.165) is 16.9 Å². The standard InChI is InChI=1S/C17H20N2O4S/c1-23-16-8-4-13(5-9-16)10-11-24(21,22)19-15-6-2-14(3-7-15)12-17(18)20/h2-9,19H,10-12H2,1H3,(H2,18,20). The van der Waals surface area contributed by atoms with Gasteiger partial charge in [-0.05, 0) is 41.8 Å². The molecule has 3 N–H and O–H groups in total. The summed E-state index contributed by atoms with van der Waals surface area (Å²) in [7, 11) is -1.88. The molecular formula is C17H20N2O4S. The van der Waals surface area contributed by atoms with Crippen LogP contribution in [0.3, 0.4) is 0 Å². The highest BCUT2D eigenvalue weighted by atomic mass is 32.2. The number of hydrogen-bond donors (Lipinski definition) is 2. The number of sulfonamides is 1. The summed E-state index contributed by atoms with van der Waals surface area (Å²) >= 11 is 0. The maximum absolute atomic E-state index is 12.1. The second kappa shape index (κ2) is 7.83. The van der Waals surface area contributed by atoms with Crippen LogP contribution < -0.4 is 15.2 Å². The molecule has 0 atom stereocenters. The fourth-order valence-electron chi connectivity index (χ4n) is 2.17. The number of benzene rings is 2. The number of nitrogens with two attached hydrogens (primary N) is 1. The zero-order valence-corrected chi connectivity index (χ0v) is 14.2. The monoisotopic (exact) mass is 348 g/mol. The highest BCUT2D eigenvalue weighted by molar-refractivity contribution is 7.92. The lowest BCUT2D eigenvalue weighted by molar-refractivity contribution is -0.117. The van der Waals surface area contributed by atoms with Crippen molar-refractivity contribution >= 4 is 21.6 Å². The van der Waals surface area contributed by atoms with Gasteiger partial charge >= 0.3 is 0 Å². The molecule has 0 heterocycles. The average Bonchev–Trinajstić information content (AvgIpc) is 2.55. The molecule has 0 fully saturated rings. The zero-order chi connectivity index (χ0) is 17.6. The first-order chi connectivity index (χ1) is 11.4. The molecule has 24 heavy (non-hydrogen) atoms. The fourth-order valence-corrected chi connectivity index (χ4v) is 3.27. The molecule has 6 nitrogen and oxygen atoms in total. The molecule has 0 aromatic heterocycles. The van der Waals surface area contributed by atoms with Crippen molar-refractivity contribution in [2.75, 3.05) is 17.6 Å². The van der Waals surface area contributed by atoms with Crippen molar-refractivity contribution in [1.29, 1.82) is 0 Å². The van der Waals surface area contributed by atoms with Crippen LogP contribution in [-0.4, -0.2) is 27.2 Å². The van der Waals surface area contributed by atoms with E-state index in [-0.39, 0.29) is 12.2 Å². The van der Waals surface area contributed by atoms with Crippen LogP contribution in [0.4, 0.5) is 5.69 Å². The molecule has 0 saturated heterocycles. The molecule has 0 unspecified atom stereocenters. The zero-order valence-electron chi connectivity index (χ0n) is 13.4. The van der Waals surface area contributed by atoms with Gasteiger partial charge in [-0.25, -0.2) is 8.42 Å². The second-order valence-electron chi connectivity index (χ2n) is 5.36. The highest BCUT2D eigenvalue weighted by Crippen LogP contribution is 2.14. The SMILES string of the molecule is COc1ccc(CCS(=O)(=O)Nc2ccc(CC(N)=O)cc2)cc1. The summed E-state index contributed by atoms with van der Waals surface area (Å²) in [5.41, 5.74) is 7.23. The smallest absolute Gasteiger partial charge is 0.233 e. The number of nitrogens with one attached hydrogen (secondary N) is 1. The average molecular weight is 348 g/mol. The topological polar surface area (TPSA) is 98.5 Å². The number of rotatable bonds is 8. The molecule has 0 saturated carbocycles. The molecule has 2 rings (SSSR count).